The molecule has 0 aliphatic rings. The lowest BCUT2D eigenvalue weighted by Gasteiger charge is -2.09. The number of fused-ring (bicyclic) bond motifs is 1. The van der Waals surface area contributed by atoms with E-state index in [1.807, 2.05) is 24.3 Å². The number of hydrogen-bond donors (Lipinski definition) is 1. The highest BCUT2D eigenvalue weighted by atomic mass is 16.5. The van der Waals surface area contributed by atoms with Crippen molar-refractivity contribution in [3.63, 3.8) is 0 Å². The molecule has 28 heavy (non-hydrogen) atoms. The molecule has 0 spiro atoms. The fourth-order valence-corrected chi connectivity index (χ4v) is 3.05. The van der Waals surface area contributed by atoms with Crippen molar-refractivity contribution in [2.45, 2.75) is 13.8 Å². The number of carbonyl (C=O) groups excluding carboxylic acids is 1. The SMILES string of the molecule is COc1ccc(-c2cc(C(=O)Nc3c(C)noc3C)c3cnn(C)c3n2)cc1. The van der Waals surface area contributed by atoms with E-state index in [1.54, 1.807) is 44.9 Å². The number of amides is 1. The predicted molar refractivity (Wildman–Crippen MR) is 104 cm³/mol. The number of rotatable bonds is 4. The average molecular weight is 377 g/mol. The van der Waals surface area contributed by atoms with Crippen molar-refractivity contribution in [2.75, 3.05) is 12.4 Å². The molecule has 0 saturated heterocycles. The Morgan fingerprint density at radius 2 is 1.96 bits per heavy atom. The molecule has 8 nitrogen and oxygen atoms in total. The van der Waals surface area contributed by atoms with Crippen molar-refractivity contribution < 1.29 is 14.1 Å². The quantitative estimate of drug-likeness (QED) is 0.585. The van der Waals surface area contributed by atoms with Gasteiger partial charge in [0, 0.05) is 12.6 Å². The Labute approximate surface area is 161 Å². The first-order valence-corrected chi connectivity index (χ1v) is 8.69. The van der Waals surface area contributed by atoms with Crippen LogP contribution in [0, 0.1) is 13.8 Å². The zero-order valence-electron chi connectivity index (χ0n) is 16.0. The van der Waals surface area contributed by atoms with E-state index >= 15 is 0 Å². The van der Waals surface area contributed by atoms with Crippen LogP contribution in [-0.2, 0) is 7.05 Å². The summed E-state index contributed by atoms with van der Waals surface area (Å²) < 4.78 is 12.0. The summed E-state index contributed by atoms with van der Waals surface area (Å²) in [5.74, 6) is 1.03. The zero-order chi connectivity index (χ0) is 19.8. The lowest BCUT2D eigenvalue weighted by atomic mass is 10.1. The Hall–Kier alpha value is -3.68. The van der Waals surface area contributed by atoms with Crippen LogP contribution in [0.25, 0.3) is 22.3 Å². The summed E-state index contributed by atoms with van der Waals surface area (Å²) >= 11 is 0. The number of nitrogens with one attached hydrogen (secondary N) is 1. The molecule has 3 aromatic heterocycles. The Morgan fingerprint density at radius 3 is 2.61 bits per heavy atom. The normalized spacial score (nSPS) is 11.0. The monoisotopic (exact) mass is 377 g/mol. The molecule has 0 radical (unpaired) electrons. The lowest BCUT2D eigenvalue weighted by molar-refractivity contribution is 0.102. The summed E-state index contributed by atoms with van der Waals surface area (Å²) in [5, 5.41) is 11.7. The topological polar surface area (TPSA) is 95.1 Å². The summed E-state index contributed by atoms with van der Waals surface area (Å²) in [6.07, 6.45) is 1.64. The van der Waals surface area contributed by atoms with Crippen molar-refractivity contribution in [1.82, 2.24) is 19.9 Å². The number of anilines is 1. The second kappa shape index (κ2) is 6.80. The van der Waals surface area contributed by atoms with Crippen LogP contribution in [0.2, 0.25) is 0 Å². The molecule has 142 valence electrons. The average Bonchev–Trinajstić information content (AvgIpc) is 3.24. The maximum Gasteiger partial charge on any atom is 0.256 e. The molecule has 0 fully saturated rings. The van der Waals surface area contributed by atoms with Crippen molar-refractivity contribution in [3.8, 4) is 17.0 Å². The number of benzene rings is 1. The van der Waals surface area contributed by atoms with Gasteiger partial charge in [0.25, 0.3) is 5.91 Å². The largest absolute Gasteiger partial charge is 0.497 e. The van der Waals surface area contributed by atoms with Gasteiger partial charge < -0.3 is 14.6 Å². The number of nitrogens with zero attached hydrogens (tertiary/aromatic N) is 4. The minimum atomic E-state index is -0.274. The molecule has 0 aliphatic carbocycles. The molecule has 3 heterocycles. The maximum atomic E-state index is 13.1. The summed E-state index contributed by atoms with van der Waals surface area (Å²) in [6.45, 7) is 3.53. The fourth-order valence-electron chi connectivity index (χ4n) is 3.05. The summed E-state index contributed by atoms with van der Waals surface area (Å²) in [4.78, 5) is 17.7. The molecular formula is C20H19N5O3. The van der Waals surface area contributed by atoms with Gasteiger partial charge in [-0.05, 0) is 44.2 Å². The van der Waals surface area contributed by atoms with Gasteiger partial charge in [0.2, 0.25) is 0 Å². The van der Waals surface area contributed by atoms with Crippen LogP contribution in [0.15, 0.2) is 41.1 Å². The molecule has 8 heteroatoms. The molecule has 0 unspecified atom stereocenters. The summed E-state index contributed by atoms with van der Waals surface area (Å²) in [7, 11) is 3.41. The number of aromatic nitrogens is 4. The van der Waals surface area contributed by atoms with Gasteiger partial charge in [-0.2, -0.15) is 5.10 Å². The van der Waals surface area contributed by atoms with Gasteiger partial charge in [0.1, 0.15) is 17.1 Å². The molecule has 1 N–H and O–H groups in total. The first kappa shape index (κ1) is 17.7. The molecule has 0 atom stereocenters. The third-order valence-corrected chi connectivity index (χ3v) is 4.61. The zero-order valence-corrected chi connectivity index (χ0v) is 16.0. The van der Waals surface area contributed by atoms with E-state index in [1.165, 1.54) is 0 Å². The van der Waals surface area contributed by atoms with Crippen molar-refractivity contribution in [3.05, 3.63) is 53.5 Å². The second-order valence-electron chi connectivity index (χ2n) is 6.44. The van der Waals surface area contributed by atoms with Gasteiger partial charge in [-0.15, -0.1) is 0 Å². The number of ether oxygens (including phenoxy) is 1. The molecule has 1 amide bonds. The summed E-state index contributed by atoms with van der Waals surface area (Å²) in [5.41, 5.74) is 3.83. The van der Waals surface area contributed by atoms with Gasteiger partial charge in [-0.1, -0.05) is 5.16 Å². The highest BCUT2D eigenvalue weighted by Gasteiger charge is 2.19. The smallest absolute Gasteiger partial charge is 0.256 e. The summed E-state index contributed by atoms with van der Waals surface area (Å²) in [6, 6.07) is 9.28. The number of aryl methyl sites for hydroxylation is 3. The van der Waals surface area contributed by atoms with Crippen molar-refractivity contribution in [1.29, 1.82) is 0 Å². The Balaban J connectivity index is 1.81. The van der Waals surface area contributed by atoms with E-state index in [9.17, 15) is 4.79 Å². The van der Waals surface area contributed by atoms with Crippen LogP contribution in [0.5, 0.6) is 5.75 Å². The van der Waals surface area contributed by atoms with E-state index in [0.29, 0.717) is 39.4 Å². The Morgan fingerprint density at radius 1 is 1.21 bits per heavy atom. The standard InChI is InChI=1S/C20H19N5O3/c1-11-18(12(2)28-24-11)23-20(26)15-9-17(13-5-7-14(27-4)8-6-13)22-19-16(15)10-21-25(19)3/h5-10H,1-4H3,(H,23,26). The Bertz CT molecular complexity index is 1160. The molecule has 0 saturated carbocycles. The van der Waals surface area contributed by atoms with Crippen LogP contribution in [0.4, 0.5) is 5.69 Å². The minimum absolute atomic E-state index is 0.274. The first-order valence-electron chi connectivity index (χ1n) is 8.69. The van der Waals surface area contributed by atoms with E-state index < -0.39 is 0 Å². The van der Waals surface area contributed by atoms with Gasteiger partial charge >= 0.3 is 0 Å². The van der Waals surface area contributed by atoms with E-state index in [0.717, 1.165) is 11.3 Å². The molecule has 0 aliphatic heterocycles. The van der Waals surface area contributed by atoms with Gasteiger partial charge in [0.15, 0.2) is 11.4 Å². The van der Waals surface area contributed by atoms with Crippen LogP contribution >= 0.6 is 0 Å². The van der Waals surface area contributed by atoms with E-state index in [4.69, 9.17) is 9.26 Å². The third-order valence-electron chi connectivity index (χ3n) is 4.61. The van der Waals surface area contributed by atoms with Gasteiger partial charge in [-0.3, -0.25) is 9.48 Å². The molecule has 1 aromatic carbocycles. The number of pyridine rings is 1. The van der Waals surface area contributed by atoms with E-state index in [2.05, 4.69) is 20.6 Å². The highest BCUT2D eigenvalue weighted by molar-refractivity contribution is 6.13. The Kier molecular flexibility index (Phi) is 4.31. The third kappa shape index (κ3) is 2.98. The number of hydrogen-bond acceptors (Lipinski definition) is 6. The van der Waals surface area contributed by atoms with Crippen LogP contribution < -0.4 is 10.1 Å². The second-order valence-corrected chi connectivity index (χ2v) is 6.44. The van der Waals surface area contributed by atoms with Crippen LogP contribution in [0.1, 0.15) is 21.8 Å². The van der Waals surface area contributed by atoms with Gasteiger partial charge in [0.05, 0.1) is 30.0 Å². The van der Waals surface area contributed by atoms with Crippen molar-refractivity contribution >= 4 is 22.6 Å². The predicted octanol–water partition coefficient (Wildman–Crippen LogP) is 3.50. The first-order chi connectivity index (χ1) is 13.5. The van der Waals surface area contributed by atoms with E-state index in [-0.39, 0.29) is 5.91 Å². The van der Waals surface area contributed by atoms with Crippen LogP contribution in [0.3, 0.4) is 0 Å². The minimum Gasteiger partial charge on any atom is -0.497 e. The molecule has 4 aromatic rings. The highest BCUT2D eigenvalue weighted by Crippen LogP contribution is 2.27. The van der Waals surface area contributed by atoms with Crippen molar-refractivity contribution in [2.24, 2.45) is 7.05 Å². The number of methoxy groups -OCH3 is 1. The number of carbonyl (C=O) groups is 1. The molecule has 4 rings (SSSR count). The lowest BCUT2D eigenvalue weighted by Crippen LogP contribution is -2.14. The van der Waals surface area contributed by atoms with Gasteiger partial charge in [-0.25, -0.2) is 4.98 Å². The molecular weight excluding hydrogens is 358 g/mol. The van der Waals surface area contributed by atoms with Crippen LogP contribution in [-0.4, -0.2) is 32.9 Å². The fraction of sp³-hybridized carbons (Fsp3) is 0.200. The maximum absolute atomic E-state index is 13.1. The molecule has 0 bridgehead atoms.